The lowest BCUT2D eigenvalue weighted by Gasteiger charge is -2.27. The molecule has 1 fully saturated rings. The molecule has 6 nitrogen and oxygen atoms in total. The minimum atomic E-state index is -0.0731. The number of methoxy groups -OCH3 is 1. The average molecular weight is 267 g/mol. The lowest BCUT2D eigenvalue weighted by Crippen LogP contribution is -2.36. The quantitative estimate of drug-likeness (QED) is 0.873. The molecule has 0 saturated carbocycles. The van der Waals surface area contributed by atoms with Gasteiger partial charge in [-0.2, -0.15) is 5.10 Å². The summed E-state index contributed by atoms with van der Waals surface area (Å²) in [6, 6.07) is 0. The van der Waals surface area contributed by atoms with Crippen molar-refractivity contribution < 1.29 is 14.3 Å². The van der Waals surface area contributed by atoms with Gasteiger partial charge in [-0.1, -0.05) is 0 Å². The van der Waals surface area contributed by atoms with Crippen molar-refractivity contribution in [2.75, 3.05) is 25.6 Å². The number of amides is 1. The Hall–Kier alpha value is -1.40. The van der Waals surface area contributed by atoms with E-state index in [1.165, 1.54) is 0 Å². The summed E-state index contributed by atoms with van der Waals surface area (Å²) in [6.07, 6.45) is 5.27. The van der Waals surface area contributed by atoms with Crippen LogP contribution < -0.4 is 5.32 Å². The van der Waals surface area contributed by atoms with Crippen molar-refractivity contribution >= 4 is 11.6 Å². The fourth-order valence-electron chi connectivity index (χ4n) is 2.24. The molecule has 2 heterocycles. The first-order valence-electron chi connectivity index (χ1n) is 6.64. The first-order valence-corrected chi connectivity index (χ1v) is 6.64. The Morgan fingerprint density at radius 2 is 2.53 bits per heavy atom. The number of aromatic nitrogens is 2. The lowest BCUT2D eigenvalue weighted by molar-refractivity contribution is -0.127. The van der Waals surface area contributed by atoms with Crippen LogP contribution in [-0.4, -0.2) is 42.1 Å². The molecule has 106 valence electrons. The first-order chi connectivity index (χ1) is 9.20. The maximum absolute atomic E-state index is 12.1. The fourth-order valence-corrected chi connectivity index (χ4v) is 2.24. The number of carbonyl (C=O) groups is 1. The van der Waals surface area contributed by atoms with Gasteiger partial charge >= 0.3 is 0 Å². The molecule has 2 rings (SSSR count). The summed E-state index contributed by atoms with van der Waals surface area (Å²) in [6.45, 7) is 3.98. The van der Waals surface area contributed by atoms with Gasteiger partial charge in [0.05, 0.1) is 37.1 Å². The highest BCUT2D eigenvalue weighted by Gasteiger charge is 2.28. The third-order valence-corrected chi connectivity index (χ3v) is 3.37. The van der Waals surface area contributed by atoms with Crippen molar-refractivity contribution in [1.29, 1.82) is 0 Å². The zero-order chi connectivity index (χ0) is 13.7. The van der Waals surface area contributed by atoms with E-state index in [0.29, 0.717) is 13.2 Å². The van der Waals surface area contributed by atoms with Crippen LogP contribution in [0.1, 0.15) is 19.8 Å². The maximum Gasteiger partial charge on any atom is 0.230 e. The third-order valence-electron chi connectivity index (χ3n) is 3.37. The van der Waals surface area contributed by atoms with E-state index in [1.807, 2.05) is 13.1 Å². The molecule has 0 aliphatic carbocycles. The smallest absolute Gasteiger partial charge is 0.230 e. The van der Waals surface area contributed by atoms with Crippen LogP contribution in [0.5, 0.6) is 0 Å². The Morgan fingerprint density at radius 1 is 1.68 bits per heavy atom. The summed E-state index contributed by atoms with van der Waals surface area (Å²) in [5.74, 6) is -0.0606. The van der Waals surface area contributed by atoms with Gasteiger partial charge in [-0.3, -0.25) is 9.48 Å². The zero-order valence-corrected chi connectivity index (χ0v) is 11.5. The topological polar surface area (TPSA) is 65.4 Å². The molecule has 19 heavy (non-hydrogen) atoms. The average Bonchev–Trinajstić information content (AvgIpc) is 2.84. The van der Waals surface area contributed by atoms with E-state index >= 15 is 0 Å². The Morgan fingerprint density at radius 3 is 3.26 bits per heavy atom. The molecule has 1 aromatic rings. The van der Waals surface area contributed by atoms with Gasteiger partial charge < -0.3 is 14.8 Å². The number of hydrogen-bond acceptors (Lipinski definition) is 4. The van der Waals surface area contributed by atoms with Crippen LogP contribution in [0.15, 0.2) is 12.4 Å². The SMILES string of the molecule is COCCn1cc(NC(=O)[C@H]2CCCO[C@@H]2C)cn1. The van der Waals surface area contributed by atoms with E-state index in [1.54, 1.807) is 18.0 Å². The lowest BCUT2D eigenvalue weighted by atomic mass is 9.94. The number of ether oxygens (including phenoxy) is 2. The highest BCUT2D eigenvalue weighted by molar-refractivity contribution is 5.92. The van der Waals surface area contributed by atoms with E-state index < -0.39 is 0 Å². The summed E-state index contributed by atoms with van der Waals surface area (Å²) >= 11 is 0. The third kappa shape index (κ3) is 3.78. The maximum atomic E-state index is 12.1. The van der Waals surface area contributed by atoms with Gasteiger partial charge in [0.1, 0.15) is 0 Å². The van der Waals surface area contributed by atoms with E-state index in [4.69, 9.17) is 9.47 Å². The van der Waals surface area contributed by atoms with Crippen LogP contribution in [0, 0.1) is 5.92 Å². The van der Waals surface area contributed by atoms with Crippen LogP contribution in [0.3, 0.4) is 0 Å². The monoisotopic (exact) mass is 267 g/mol. The second-order valence-electron chi connectivity index (χ2n) is 4.80. The predicted octanol–water partition coefficient (Wildman–Crippen LogP) is 1.28. The van der Waals surface area contributed by atoms with Crippen LogP contribution in [0.25, 0.3) is 0 Å². The van der Waals surface area contributed by atoms with Crippen molar-refractivity contribution in [3.05, 3.63) is 12.4 Å². The van der Waals surface area contributed by atoms with Crippen LogP contribution in [-0.2, 0) is 20.8 Å². The largest absolute Gasteiger partial charge is 0.383 e. The normalized spacial score (nSPS) is 23.3. The second kappa shape index (κ2) is 6.68. The first kappa shape index (κ1) is 14.0. The molecule has 0 unspecified atom stereocenters. The Balaban J connectivity index is 1.89. The molecule has 0 radical (unpaired) electrons. The van der Waals surface area contributed by atoms with Gasteiger partial charge in [0, 0.05) is 19.9 Å². The van der Waals surface area contributed by atoms with E-state index in [9.17, 15) is 4.79 Å². The molecule has 1 N–H and O–H groups in total. The summed E-state index contributed by atoms with van der Waals surface area (Å²) in [4.78, 5) is 12.1. The number of anilines is 1. The summed E-state index contributed by atoms with van der Waals surface area (Å²) in [7, 11) is 1.65. The van der Waals surface area contributed by atoms with Gasteiger partial charge in [-0.05, 0) is 19.8 Å². The second-order valence-corrected chi connectivity index (χ2v) is 4.80. The Labute approximate surface area is 113 Å². The molecule has 1 saturated heterocycles. The van der Waals surface area contributed by atoms with Gasteiger partial charge in [0.25, 0.3) is 0 Å². The molecule has 1 amide bonds. The van der Waals surface area contributed by atoms with E-state index in [2.05, 4.69) is 10.4 Å². The van der Waals surface area contributed by atoms with Crippen molar-refractivity contribution in [3.63, 3.8) is 0 Å². The summed E-state index contributed by atoms with van der Waals surface area (Å²) in [5.41, 5.74) is 0.721. The van der Waals surface area contributed by atoms with Crippen LogP contribution in [0.4, 0.5) is 5.69 Å². The minimum absolute atomic E-state index is 0.0125. The zero-order valence-electron chi connectivity index (χ0n) is 11.5. The van der Waals surface area contributed by atoms with E-state index in [-0.39, 0.29) is 17.9 Å². The molecular weight excluding hydrogens is 246 g/mol. The Bertz CT molecular complexity index is 419. The molecule has 0 aromatic carbocycles. The fraction of sp³-hybridized carbons (Fsp3) is 0.692. The van der Waals surface area contributed by atoms with Gasteiger partial charge in [-0.15, -0.1) is 0 Å². The highest BCUT2D eigenvalue weighted by Crippen LogP contribution is 2.22. The molecule has 1 aliphatic heterocycles. The highest BCUT2D eigenvalue weighted by atomic mass is 16.5. The molecule has 2 atom stereocenters. The van der Waals surface area contributed by atoms with Crippen LogP contribution >= 0.6 is 0 Å². The predicted molar refractivity (Wildman–Crippen MR) is 70.9 cm³/mol. The van der Waals surface area contributed by atoms with Crippen molar-refractivity contribution in [2.45, 2.75) is 32.4 Å². The van der Waals surface area contributed by atoms with Gasteiger partial charge in [0.2, 0.25) is 5.91 Å². The number of rotatable bonds is 5. The number of hydrogen-bond donors (Lipinski definition) is 1. The molecule has 0 spiro atoms. The number of nitrogens with zero attached hydrogens (tertiary/aromatic N) is 2. The number of carbonyl (C=O) groups excluding carboxylic acids is 1. The molecule has 1 aromatic heterocycles. The standard InChI is InChI=1S/C13H21N3O3/c1-10-12(4-3-6-19-10)13(17)15-11-8-14-16(9-11)5-7-18-2/h8-10,12H,3-7H2,1-2H3,(H,15,17)/t10-,12+/m1/s1. The van der Waals surface area contributed by atoms with Crippen molar-refractivity contribution in [1.82, 2.24) is 9.78 Å². The van der Waals surface area contributed by atoms with Gasteiger partial charge in [0.15, 0.2) is 0 Å². The molecule has 0 bridgehead atoms. The van der Waals surface area contributed by atoms with Crippen molar-refractivity contribution in [3.8, 4) is 0 Å². The minimum Gasteiger partial charge on any atom is -0.383 e. The van der Waals surface area contributed by atoms with E-state index in [0.717, 1.165) is 25.1 Å². The van der Waals surface area contributed by atoms with Crippen LogP contribution in [0.2, 0.25) is 0 Å². The number of nitrogens with one attached hydrogen (secondary N) is 1. The van der Waals surface area contributed by atoms with Gasteiger partial charge in [-0.25, -0.2) is 0 Å². The van der Waals surface area contributed by atoms with Crippen molar-refractivity contribution in [2.24, 2.45) is 5.92 Å². The summed E-state index contributed by atoms with van der Waals surface area (Å²) in [5, 5.41) is 7.06. The Kier molecular flexibility index (Phi) is 4.93. The summed E-state index contributed by atoms with van der Waals surface area (Å²) < 4.78 is 12.2. The molecular formula is C13H21N3O3. The molecule has 6 heteroatoms. The molecule has 1 aliphatic rings.